The van der Waals surface area contributed by atoms with E-state index in [0.717, 1.165) is 5.56 Å². The number of benzene rings is 1. The maximum Gasteiger partial charge on any atom is 0.405 e. The third-order valence-corrected chi connectivity index (χ3v) is 3.61. The highest BCUT2D eigenvalue weighted by Crippen LogP contribution is 2.38. The van der Waals surface area contributed by atoms with E-state index in [4.69, 9.17) is 0 Å². The van der Waals surface area contributed by atoms with Crippen molar-refractivity contribution in [1.29, 1.82) is 0 Å². The fourth-order valence-corrected chi connectivity index (χ4v) is 2.65. The Morgan fingerprint density at radius 1 is 1.24 bits per heavy atom. The Labute approximate surface area is 121 Å². The predicted octanol–water partition coefficient (Wildman–Crippen LogP) is 1.91. The van der Waals surface area contributed by atoms with E-state index in [2.05, 4.69) is 16.2 Å². The van der Waals surface area contributed by atoms with E-state index in [9.17, 15) is 18.0 Å². The molecule has 2 rings (SSSR count). The molecule has 1 aliphatic heterocycles. The maximum absolute atomic E-state index is 13.1. The first-order valence-corrected chi connectivity index (χ1v) is 6.76. The lowest BCUT2D eigenvalue weighted by Gasteiger charge is -2.25. The molecule has 3 unspecified atom stereocenters. The van der Waals surface area contributed by atoms with Gasteiger partial charge in [0.05, 0.1) is 6.04 Å². The number of amides is 1. The SMILES string of the molecule is CC(=O)NCCC1C(c2ccccc2)NNC1C(F)(F)F. The van der Waals surface area contributed by atoms with Gasteiger partial charge in [-0.2, -0.15) is 13.2 Å². The summed E-state index contributed by atoms with van der Waals surface area (Å²) in [7, 11) is 0. The Bertz CT molecular complexity index is 478. The summed E-state index contributed by atoms with van der Waals surface area (Å²) in [6.45, 7) is 1.57. The predicted molar refractivity (Wildman–Crippen MR) is 72.1 cm³/mol. The molecule has 0 saturated carbocycles. The molecule has 0 radical (unpaired) electrons. The third kappa shape index (κ3) is 3.95. The molecule has 7 heteroatoms. The van der Waals surface area contributed by atoms with Crippen LogP contribution < -0.4 is 16.2 Å². The molecule has 0 bridgehead atoms. The molecule has 1 aromatic carbocycles. The molecule has 116 valence electrons. The fraction of sp³-hybridized carbons (Fsp3) is 0.500. The zero-order valence-corrected chi connectivity index (χ0v) is 11.6. The van der Waals surface area contributed by atoms with Crippen LogP contribution in [0, 0.1) is 5.92 Å². The molecule has 1 fully saturated rings. The minimum absolute atomic E-state index is 0.222. The van der Waals surface area contributed by atoms with E-state index < -0.39 is 24.2 Å². The molecule has 0 aromatic heterocycles. The van der Waals surface area contributed by atoms with Crippen molar-refractivity contribution >= 4 is 5.91 Å². The van der Waals surface area contributed by atoms with Crippen LogP contribution in [0.1, 0.15) is 24.9 Å². The number of hydrogen-bond donors (Lipinski definition) is 3. The molecular formula is C14H18F3N3O. The van der Waals surface area contributed by atoms with Crippen molar-refractivity contribution in [1.82, 2.24) is 16.2 Å². The maximum atomic E-state index is 13.1. The lowest BCUT2D eigenvalue weighted by Crippen LogP contribution is -2.44. The van der Waals surface area contributed by atoms with Crippen molar-refractivity contribution in [3.05, 3.63) is 35.9 Å². The van der Waals surface area contributed by atoms with Crippen LogP contribution in [0.3, 0.4) is 0 Å². The topological polar surface area (TPSA) is 53.2 Å². The van der Waals surface area contributed by atoms with E-state index in [1.807, 2.05) is 6.07 Å². The summed E-state index contributed by atoms with van der Waals surface area (Å²) in [5.74, 6) is -0.923. The Morgan fingerprint density at radius 3 is 2.48 bits per heavy atom. The summed E-state index contributed by atoms with van der Waals surface area (Å²) in [4.78, 5) is 10.9. The highest BCUT2D eigenvalue weighted by atomic mass is 19.4. The van der Waals surface area contributed by atoms with Crippen LogP contribution in [0.15, 0.2) is 30.3 Å². The third-order valence-electron chi connectivity index (χ3n) is 3.61. The Hall–Kier alpha value is -1.60. The van der Waals surface area contributed by atoms with Crippen LogP contribution in [0.5, 0.6) is 0 Å². The van der Waals surface area contributed by atoms with E-state index in [1.165, 1.54) is 6.92 Å². The number of hydrazine groups is 1. The van der Waals surface area contributed by atoms with Crippen LogP contribution in [-0.4, -0.2) is 24.7 Å². The van der Waals surface area contributed by atoms with Gasteiger partial charge in [-0.25, -0.2) is 10.9 Å². The molecular weight excluding hydrogens is 283 g/mol. The molecule has 1 aromatic rings. The van der Waals surface area contributed by atoms with Gasteiger partial charge in [0.1, 0.15) is 6.04 Å². The molecule has 1 saturated heterocycles. The van der Waals surface area contributed by atoms with Crippen molar-refractivity contribution in [3.8, 4) is 0 Å². The number of rotatable bonds is 4. The smallest absolute Gasteiger partial charge is 0.356 e. The molecule has 1 aliphatic rings. The highest BCUT2D eigenvalue weighted by Gasteiger charge is 2.51. The Morgan fingerprint density at radius 2 is 1.90 bits per heavy atom. The van der Waals surface area contributed by atoms with Gasteiger partial charge >= 0.3 is 6.18 Å². The number of carbonyl (C=O) groups is 1. The normalized spacial score (nSPS) is 25.8. The van der Waals surface area contributed by atoms with Crippen LogP contribution in [-0.2, 0) is 4.79 Å². The van der Waals surface area contributed by atoms with Crippen LogP contribution >= 0.6 is 0 Å². The largest absolute Gasteiger partial charge is 0.405 e. The molecule has 0 aliphatic carbocycles. The van der Waals surface area contributed by atoms with Gasteiger partial charge in [-0.1, -0.05) is 30.3 Å². The molecule has 3 atom stereocenters. The number of halogens is 3. The second kappa shape index (κ2) is 6.44. The molecule has 4 nitrogen and oxygen atoms in total. The second-order valence-electron chi connectivity index (χ2n) is 5.13. The van der Waals surface area contributed by atoms with E-state index in [0.29, 0.717) is 0 Å². The van der Waals surface area contributed by atoms with Gasteiger partial charge in [-0.15, -0.1) is 0 Å². The van der Waals surface area contributed by atoms with E-state index in [-0.39, 0.29) is 18.9 Å². The van der Waals surface area contributed by atoms with Crippen LogP contribution in [0.4, 0.5) is 13.2 Å². The monoisotopic (exact) mass is 301 g/mol. The first-order chi connectivity index (χ1) is 9.89. The minimum Gasteiger partial charge on any atom is -0.356 e. The average Bonchev–Trinajstić information content (AvgIpc) is 2.83. The van der Waals surface area contributed by atoms with Gasteiger partial charge in [-0.3, -0.25) is 4.79 Å². The number of nitrogens with one attached hydrogen (secondary N) is 3. The van der Waals surface area contributed by atoms with Gasteiger partial charge in [0.15, 0.2) is 0 Å². The van der Waals surface area contributed by atoms with Crippen molar-refractivity contribution < 1.29 is 18.0 Å². The van der Waals surface area contributed by atoms with E-state index >= 15 is 0 Å². The summed E-state index contributed by atoms with van der Waals surface area (Å²) in [6.07, 6.45) is -4.10. The molecule has 21 heavy (non-hydrogen) atoms. The lowest BCUT2D eigenvalue weighted by atomic mass is 9.86. The Balaban J connectivity index is 2.14. The number of hydrogen-bond acceptors (Lipinski definition) is 3. The zero-order chi connectivity index (χ0) is 15.5. The van der Waals surface area contributed by atoms with Gasteiger partial charge < -0.3 is 5.32 Å². The van der Waals surface area contributed by atoms with Crippen molar-refractivity contribution in [2.24, 2.45) is 5.92 Å². The van der Waals surface area contributed by atoms with Crippen molar-refractivity contribution in [3.63, 3.8) is 0 Å². The van der Waals surface area contributed by atoms with E-state index in [1.54, 1.807) is 24.3 Å². The first kappa shape index (κ1) is 15.8. The van der Waals surface area contributed by atoms with Crippen molar-refractivity contribution in [2.75, 3.05) is 6.54 Å². The standard InChI is InChI=1S/C14H18F3N3O/c1-9(21)18-8-7-11-12(10-5-3-2-4-6-10)19-20-13(11)14(15,16)17/h2-6,11-13,19-20H,7-8H2,1H3,(H,18,21). The number of alkyl halides is 3. The first-order valence-electron chi connectivity index (χ1n) is 6.76. The quantitative estimate of drug-likeness (QED) is 0.796. The molecule has 1 heterocycles. The van der Waals surface area contributed by atoms with Crippen LogP contribution in [0.2, 0.25) is 0 Å². The summed E-state index contributed by atoms with van der Waals surface area (Å²) < 4.78 is 39.3. The zero-order valence-electron chi connectivity index (χ0n) is 11.6. The average molecular weight is 301 g/mol. The highest BCUT2D eigenvalue weighted by molar-refractivity contribution is 5.72. The Kier molecular flexibility index (Phi) is 4.84. The van der Waals surface area contributed by atoms with Gasteiger partial charge in [0.25, 0.3) is 0 Å². The summed E-state index contributed by atoms with van der Waals surface area (Å²) in [6, 6.07) is 6.93. The summed E-state index contributed by atoms with van der Waals surface area (Å²) in [5, 5.41) is 2.55. The second-order valence-corrected chi connectivity index (χ2v) is 5.13. The van der Waals surface area contributed by atoms with Gasteiger partial charge in [0.2, 0.25) is 5.91 Å². The molecule has 0 spiro atoms. The number of carbonyl (C=O) groups excluding carboxylic acids is 1. The van der Waals surface area contributed by atoms with Crippen molar-refractivity contribution in [2.45, 2.75) is 31.6 Å². The summed E-state index contributed by atoms with van der Waals surface area (Å²) >= 11 is 0. The minimum atomic E-state index is -4.34. The fourth-order valence-electron chi connectivity index (χ4n) is 2.65. The van der Waals surface area contributed by atoms with Gasteiger partial charge in [-0.05, 0) is 12.0 Å². The van der Waals surface area contributed by atoms with Gasteiger partial charge in [0, 0.05) is 19.4 Å². The lowest BCUT2D eigenvalue weighted by molar-refractivity contribution is -0.162. The summed E-state index contributed by atoms with van der Waals surface area (Å²) in [5.41, 5.74) is 5.88. The van der Waals surface area contributed by atoms with Crippen LogP contribution in [0.25, 0.3) is 0 Å². The molecule has 3 N–H and O–H groups in total. The molecule has 1 amide bonds.